The Hall–Kier alpha value is -0.900. The van der Waals surface area contributed by atoms with Crippen molar-refractivity contribution in [3.63, 3.8) is 0 Å². The van der Waals surface area contributed by atoms with Gasteiger partial charge in [0.25, 0.3) is 0 Å². The van der Waals surface area contributed by atoms with E-state index in [1.807, 2.05) is 6.21 Å². The van der Waals surface area contributed by atoms with Gasteiger partial charge in [0.15, 0.2) is 5.11 Å². The molecule has 72 valence electrons. The van der Waals surface area contributed by atoms with Crippen LogP contribution in [0.4, 0.5) is 0 Å². The predicted molar refractivity (Wildman–Crippen MR) is 59.5 cm³/mol. The lowest BCUT2D eigenvalue weighted by atomic mass is 9.91. The summed E-state index contributed by atoms with van der Waals surface area (Å²) in [4.78, 5) is 0. The first-order valence-electron chi connectivity index (χ1n) is 4.42. The van der Waals surface area contributed by atoms with Gasteiger partial charge in [0.1, 0.15) is 0 Å². The normalized spacial score (nSPS) is 22.8. The Morgan fingerprint density at radius 1 is 1.85 bits per heavy atom. The van der Waals surface area contributed by atoms with Gasteiger partial charge in [0.05, 0.1) is 0 Å². The molecule has 0 radical (unpaired) electrons. The van der Waals surface area contributed by atoms with Crippen molar-refractivity contribution < 1.29 is 0 Å². The molecule has 1 rings (SSSR count). The fraction of sp³-hybridized carbons (Fsp3) is 0.556. The minimum atomic E-state index is 0.221. The molecule has 0 unspecified atom stereocenters. The molecule has 0 aliphatic heterocycles. The Bertz CT molecular complexity index is 245. The lowest BCUT2D eigenvalue weighted by molar-refractivity contribution is 0.605. The molecule has 0 spiro atoms. The zero-order valence-corrected chi connectivity index (χ0v) is 8.60. The molecule has 13 heavy (non-hydrogen) atoms. The molecule has 0 amide bonds. The van der Waals surface area contributed by atoms with Crippen LogP contribution < -0.4 is 11.2 Å². The molecule has 0 heterocycles. The Balaban J connectivity index is 2.31. The average Bonchev–Trinajstić information content (AvgIpc) is 2.08. The first kappa shape index (κ1) is 10.2. The second-order valence-electron chi connectivity index (χ2n) is 3.34. The van der Waals surface area contributed by atoms with Gasteiger partial charge in [0.2, 0.25) is 0 Å². The molecular weight excluding hydrogens is 182 g/mol. The predicted octanol–water partition coefficient (Wildman–Crippen LogP) is 1.55. The molecule has 3 N–H and O–H groups in total. The number of allylic oxidation sites excluding steroid dienone is 2. The molecule has 0 fully saturated rings. The zero-order chi connectivity index (χ0) is 9.68. The van der Waals surface area contributed by atoms with E-state index in [9.17, 15) is 0 Å². The smallest absolute Gasteiger partial charge is 0.184 e. The SMILES string of the molecule is CC1=CC[C@H](/C=N\NC(N)=S)CC1. The fourth-order valence-corrected chi connectivity index (χ4v) is 1.38. The molecule has 0 bridgehead atoms. The molecule has 4 heteroatoms. The van der Waals surface area contributed by atoms with Crippen LogP contribution in [0.1, 0.15) is 26.2 Å². The van der Waals surface area contributed by atoms with E-state index in [0.717, 1.165) is 6.42 Å². The Morgan fingerprint density at radius 3 is 3.15 bits per heavy atom. The summed E-state index contributed by atoms with van der Waals surface area (Å²) >= 11 is 4.62. The standard InChI is InChI=1S/C9H15N3S/c1-7-2-4-8(5-3-7)6-11-12-9(10)13/h2,6,8H,3-5H2,1H3,(H3,10,12,13)/b11-6-/t8-/m0/s1. The lowest BCUT2D eigenvalue weighted by Crippen LogP contribution is -2.24. The van der Waals surface area contributed by atoms with Crippen molar-refractivity contribution in [3.05, 3.63) is 11.6 Å². The van der Waals surface area contributed by atoms with Gasteiger partial charge in [-0.1, -0.05) is 11.6 Å². The van der Waals surface area contributed by atoms with Gasteiger partial charge in [-0.2, -0.15) is 5.10 Å². The monoisotopic (exact) mass is 197 g/mol. The summed E-state index contributed by atoms with van der Waals surface area (Å²) < 4.78 is 0. The highest BCUT2D eigenvalue weighted by atomic mass is 32.1. The number of nitrogens with one attached hydrogen (secondary N) is 1. The highest BCUT2D eigenvalue weighted by Gasteiger charge is 2.09. The van der Waals surface area contributed by atoms with Crippen molar-refractivity contribution in [1.29, 1.82) is 0 Å². The molecule has 3 nitrogen and oxygen atoms in total. The third-order valence-electron chi connectivity index (χ3n) is 2.14. The van der Waals surface area contributed by atoms with Crippen molar-refractivity contribution >= 4 is 23.5 Å². The van der Waals surface area contributed by atoms with Gasteiger partial charge < -0.3 is 5.73 Å². The summed E-state index contributed by atoms with van der Waals surface area (Å²) in [7, 11) is 0. The van der Waals surface area contributed by atoms with E-state index in [0.29, 0.717) is 5.92 Å². The molecule has 0 saturated carbocycles. The van der Waals surface area contributed by atoms with Gasteiger partial charge in [-0.05, 0) is 44.3 Å². The number of nitrogens with zero attached hydrogens (tertiary/aromatic N) is 1. The van der Waals surface area contributed by atoms with Crippen molar-refractivity contribution in [2.75, 3.05) is 0 Å². The Morgan fingerprint density at radius 2 is 2.62 bits per heavy atom. The van der Waals surface area contributed by atoms with Crippen molar-refractivity contribution in [1.82, 2.24) is 5.43 Å². The van der Waals surface area contributed by atoms with Gasteiger partial charge in [-0.3, -0.25) is 5.43 Å². The first-order chi connectivity index (χ1) is 6.18. The lowest BCUT2D eigenvalue weighted by Gasteiger charge is -2.15. The van der Waals surface area contributed by atoms with Gasteiger partial charge >= 0.3 is 0 Å². The van der Waals surface area contributed by atoms with Crippen LogP contribution in [0.15, 0.2) is 16.8 Å². The number of hydrazone groups is 1. The number of thiocarbonyl (C=S) groups is 1. The highest BCUT2D eigenvalue weighted by molar-refractivity contribution is 7.80. The summed E-state index contributed by atoms with van der Waals surface area (Å²) in [5.74, 6) is 0.533. The topological polar surface area (TPSA) is 50.4 Å². The van der Waals surface area contributed by atoms with Crippen LogP contribution in [-0.4, -0.2) is 11.3 Å². The van der Waals surface area contributed by atoms with Crippen molar-refractivity contribution in [2.45, 2.75) is 26.2 Å². The van der Waals surface area contributed by atoms with E-state index in [1.165, 1.54) is 18.4 Å². The maximum absolute atomic E-state index is 5.22. The fourth-order valence-electron chi connectivity index (χ4n) is 1.33. The van der Waals surface area contributed by atoms with Gasteiger partial charge in [-0.15, -0.1) is 0 Å². The molecule has 1 aliphatic carbocycles. The molecule has 1 aliphatic rings. The number of nitrogens with two attached hydrogens (primary N) is 1. The minimum absolute atomic E-state index is 0.221. The second kappa shape index (κ2) is 4.97. The van der Waals surface area contributed by atoms with Gasteiger partial charge in [-0.25, -0.2) is 0 Å². The second-order valence-corrected chi connectivity index (χ2v) is 3.78. The zero-order valence-electron chi connectivity index (χ0n) is 7.79. The summed E-state index contributed by atoms with van der Waals surface area (Å²) in [6, 6.07) is 0. The van der Waals surface area contributed by atoms with E-state index >= 15 is 0 Å². The Kier molecular flexibility index (Phi) is 3.89. The summed E-state index contributed by atoms with van der Waals surface area (Å²) in [6.07, 6.45) is 7.58. The average molecular weight is 197 g/mol. The van der Waals surface area contributed by atoms with Gasteiger partial charge in [0, 0.05) is 6.21 Å². The third-order valence-corrected chi connectivity index (χ3v) is 2.23. The van der Waals surface area contributed by atoms with E-state index in [-0.39, 0.29) is 5.11 Å². The maximum Gasteiger partial charge on any atom is 0.184 e. The van der Waals surface area contributed by atoms with Crippen LogP contribution in [0.25, 0.3) is 0 Å². The molecule has 1 atom stereocenters. The number of hydrogen-bond acceptors (Lipinski definition) is 2. The largest absolute Gasteiger partial charge is 0.375 e. The highest BCUT2D eigenvalue weighted by Crippen LogP contribution is 2.21. The van der Waals surface area contributed by atoms with Crippen LogP contribution in [0.2, 0.25) is 0 Å². The van der Waals surface area contributed by atoms with E-state index in [4.69, 9.17) is 5.73 Å². The summed E-state index contributed by atoms with van der Waals surface area (Å²) in [5, 5.41) is 4.17. The molecule has 0 aromatic rings. The number of rotatable bonds is 2. The van der Waals surface area contributed by atoms with Crippen LogP contribution in [0.3, 0.4) is 0 Å². The van der Waals surface area contributed by atoms with E-state index in [2.05, 4.69) is 35.7 Å². The molecule has 0 saturated heterocycles. The van der Waals surface area contributed by atoms with Crippen LogP contribution in [0, 0.1) is 5.92 Å². The van der Waals surface area contributed by atoms with Crippen molar-refractivity contribution in [3.8, 4) is 0 Å². The van der Waals surface area contributed by atoms with E-state index in [1.54, 1.807) is 0 Å². The summed E-state index contributed by atoms with van der Waals surface area (Å²) in [6.45, 7) is 2.17. The van der Waals surface area contributed by atoms with Crippen LogP contribution in [-0.2, 0) is 0 Å². The van der Waals surface area contributed by atoms with Crippen molar-refractivity contribution in [2.24, 2.45) is 16.8 Å². The molecule has 0 aromatic heterocycles. The number of hydrogen-bond donors (Lipinski definition) is 2. The quantitative estimate of drug-likeness (QED) is 0.306. The third kappa shape index (κ3) is 4.03. The Labute approximate surface area is 84.1 Å². The molecule has 0 aromatic carbocycles. The maximum atomic E-state index is 5.22. The van der Waals surface area contributed by atoms with Crippen LogP contribution >= 0.6 is 12.2 Å². The minimum Gasteiger partial charge on any atom is -0.375 e. The molecular formula is C9H15N3S. The van der Waals surface area contributed by atoms with Crippen LogP contribution in [0.5, 0.6) is 0 Å². The first-order valence-corrected chi connectivity index (χ1v) is 4.83. The van der Waals surface area contributed by atoms with E-state index < -0.39 is 0 Å². The summed E-state index contributed by atoms with van der Waals surface area (Å²) in [5.41, 5.74) is 9.27.